The van der Waals surface area contributed by atoms with Gasteiger partial charge in [-0.2, -0.15) is 0 Å². The van der Waals surface area contributed by atoms with Crippen molar-refractivity contribution in [3.05, 3.63) is 59.7 Å². The number of ether oxygens (including phenoxy) is 2. The standard InChI is InChI=1S/C25H34O5/c1-5-16-29-25(14-12-20(13-15-25)23(26)27)22-11-9-8-10-21(22)24(28)30-18(4)17-19(6-2)7-3/h8-15,18-20H,5-7,16-17H2,1-4H3,(H,26,27)/t18-,20?,25?/m1/s1. The third-order valence-electron chi connectivity index (χ3n) is 5.63. The lowest BCUT2D eigenvalue weighted by Crippen LogP contribution is -2.31. The smallest absolute Gasteiger partial charge is 0.338 e. The highest BCUT2D eigenvalue weighted by Crippen LogP contribution is 2.36. The number of carboxylic acids is 1. The summed E-state index contributed by atoms with van der Waals surface area (Å²) in [5, 5.41) is 9.29. The topological polar surface area (TPSA) is 72.8 Å². The van der Waals surface area contributed by atoms with Crippen LogP contribution in [-0.4, -0.2) is 29.8 Å². The largest absolute Gasteiger partial charge is 0.481 e. The van der Waals surface area contributed by atoms with E-state index >= 15 is 0 Å². The van der Waals surface area contributed by atoms with Crippen molar-refractivity contribution in [1.29, 1.82) is 0 Å². The second-order valence-electron chi connectivity index (χ2n) is 7.90. The average Bonchev–Trinajstić information content (AvgIpc) is 2.76. The number of esters is 1. The highest BCUT2D eigenvalue weighted by Gasteiger charge is 2.35. The molecule has 0 amide bonds. The van der Waals surface area contributed by atoms with Gasteiger partial charge in [-0.3, -0.25) is 4.79 Å². The maximum atomic E-state index is 13.0. The fourth-order valence-electron chi connectivity index (χ4n) is 3.79. The van der Waals surface area contributed by atoms with Gasteiger partial charge in [0.2, 0.25) is 0 Å². The molecule has 1 atom stereocenters. The molecule has 1 aromatic carbocycles. The van der Waals surface area contributed by atoms with E-state index in [1.54, 1.807) is 36.4 Å². The minimum Gasteiger partial charge on any atom is -0.481 e. The molecule has 0 saturated carbocycles. The third kappa shape index (κ3) is 5.82. The van der Waals surface area contributed by atoms with Crippen LogP contribution in [0, 0.1) is 11.8 Å². The molecule has 0 heterocycles. The molecule has 30 heavy (non-hydrogen) atoms. The number of hydrogen-bond acceptors (Lipinski definition) is 4. The van der Waals surface area contributed by atoms with Crippen molar-refractivity contribution < 1.29 is 24.2 Å². The lowest BCUT2D eigenvalue weighted by molar-refractivity contribution is -0.138. The normalized spacial score (nSPS) is 21.6. The highest BCUT2D eigenvalue weighted by molar-refractivity contribution is 5.92. The van der Waals surface area contributed by atoms with Crippen LogP contribution in [0.3, 0.4) is 0 Å². The summed E-state index contributed by atoms with van der Waals surface area (Å²) in [4.78, 5) is 24.4. The van der Waals surface area contributed by atoms with Crippen molar-refractivity contribution in [2.45, 2.75) is 65.1 Å². The first-order valence-corrected chi connectivity index (χ1v) is 10.9. The minimum absolute atomic E-state index is 0.184. The molecule has 5 nitrogen and oxygen atoms in total. The summed E-state index contributed by atoms with van der Waals surface area (Å²) in [6.07, 6.45) is 10.3. The van der Waals surface area contributed by atoms with Gasteiger partial charge >= 0.3 is 11.9 Å². The molecule has 5 heteroatoms. The third-order valence-corrected chi connectivity index (χ3v) is 5.63. The molecular weight excluding hydrogens is 380 g/mol. The van der Waals surface area contributed by atoms with Gasteiger partial charge in [0.05, 0.1) is 17.6 Å². The highest BCUT2D eigenvalue weighted by atomic mass is 16.5. The van der Waals surface area contributed by atoms with E-state index in [2.05, 4.69) is 13.8 Å². The quantitative estimate of drug-likeness (QED) is 0.382. The minimum atomic E-state index is -0.990. The molecule has 0 fully saturated rings. The number of rotatable bonds is 11. The van der Waals surface area contributed by atoms with Crippen LogP contribution >= 0.6 is 0 Å². The molecule has 0 spiro atoms. The lowest BCUT2D eigenvalue weighted by atomic mass is 9.83. The van der Waals surface area contributed by atoms with Crippen LogP contribution in [0.2, 0.25) is 0 Å². The molecule has 1 N–H and O–H groups in total. The monoisotopic (exact) mass is 414 g/mol. The van der Waals surface area contributed by atoms with Crippen LogP contribution in [0.4, 0.5) is 0 Å². The molecule has 2 rings (SSSR count). The van der Waals surface area contributed by atoms with Gasteiger partial charge in [0, 0.05) is 12.2 Å². The molecule has 164 valence electrons. The van der Waals surface area contributed by atoms with Crippen molar-refractivity contribution in [2.75, 3.05) is 6.61 Å². The number of carbonyl (C=O) groups is 2. The Morgan fingerprint density at radius 1 is 1.10 bits per heavy atom. The van der Waals surface area contributed by atoms with E-state index in [1.165, 1.54) is 0 Å². The second-order valence-corrected chi connectivity index (χ2v) is 7.90. The number of aliphatic carboxylic acids is 1. The van der Waals surface area contributed by atoms with E-state index in [-0.39, 0.29) is 12.1 Å². The Bertz CT molecular complexity index is 761. The van der Waals surface area contributed by atoms with Crippen LogP contribution in [0.5, 0.6) is 0 Å². The molecule has 1 aliphatic carbocycles. The first-order chi connectivity index (χ1) is 14.4. The van der Waals surface area contributed by atoms with Crippen molar-refractivity contribution >= 4 is 11.9 Å². The van der Waals surface area contributed by atoms with Gasteiger partial charge in [0.25, 0.3) is 0 Å². The zero-order chi connectivity index (χ0) is 22.1. The Kier molecular flexibility index (Phi) is 8.85. The predicted molar refractivity (Wildman–Crippen MR) is 117 cm³/mol. The number of benzene rings is 1. The summed E-state index contributed by atoms with van der Waals surface area (Å²) < 4.78 is 11.9. The molecule has 1 aliphatic rings. The van der Waals surface area contributed by atoms with E-state index in [1.807, 2.05) is 26.0 Å². The Morgan fingerprint density at radius 3 is 2.30 bits per heavy atom. The molecule has 0 bridgehead atoms. The SMILES string of the molecule is CCCOC1(c2ccccc2C(=O)O[C@H](C)CC(CC)CC)C=CC(C(=O)O)C=C1. The van der Waals surface area contributed by atoms with Crippen LogP contribution < -0.4 is 0 Å². The summed E-state index contributed by atoms with van der Waals surface area (Å²) in [7, 11) is 0. The molecular formula is C25H34O5. The Morgan fingerprint density at radius 2 is 1.73 bits per heavy atom. The van der Waals surface area contributed by atoms with Crippen molar-refractivity contribution in [3.8, 4) is 0 Å². The average molecular weight is 415 g/mol. The van der Waals surface area contributed by atoms with Crippen LogP contribution in [0.25, 0.3) is 0 Å². The first-order valence-electron chi connectivity index (χ1n) is 10.9. The molecule has 1 aromatic rings. The summed E-state index contributed by atoms with van der Waals surface area (Å²) in [5.74, 6) is -1.48. The van der Waals surface area contributed by atoms with E-state index < -0.39 is 17.5 Å². The van der Waals surface area contributed by atoms with Gasteiger partial charge in [-0.15, -0.1) is 0 Å². The van der Waals surface area contributed by atoms with Crippen LogP contribution in [-0.2, 0) is 19.9 Å². The molecule has 0 saturated heterocycles. The Labute approximate surface area is 179 Å². The maximum absolute atomic E-state index is 13.0. The fourth-order valence-corrected chi connectivity index (χ4v) is 3.79. The molecule has 0 unspecified atom stereocenters. The van der Waals surface area contributed by atoms with E-state index in [0.717, 1.165) is 25.7 Å². The number of carbonyl (C=O) groups excluding carboxylic acids is 1. The van der Waals surface area contributed by atoms with Crippen LogP contribution in [0.15, 0.2) is 48.6 Å². The van der Waals surface area contributed by atoms with Gasteiger partial charge in [0.1, 0.15) is 5.60 Å². The summed E-state index contributed by atoms with van der Waals surface area (Å²) in [6.45, 7) is 8.71. The number of hydrogen-bond donors (Lipinski definition) is 1. The van der Waals surface area contributed by atoms with E-state index in [0.29, 0.717) is 23.7 Å². The molecule has 0 radical (unpaired) electrons. The first kappa shape index (κ1) is 23.9. The van der Waals surface area contributed by atoms with Gasteiger partial charge in [-0.1, -0.05) is 64.0 Å². The van der Waals surface area contributed by atoms with Gasteiger partial charge in [-0.25, -0.2) is 4.79 Å². The summed E-state index contributed by atoms with van der Waals surface area (Å²) in [6, 6.07) is 7.23. The second kappa shape index (κ2) is 11.1. The van der Waals surface area contributed by atoms with Gasteiger partial charge in [-0.05, 0) is 43.9 Å². The maximum Gasteiger partial charge on any atom is 0.338 e. The van der Waals surface area contributed by atoms with E-state index in [4.69, 9.17) is 9.47 Å². The zero-order valence-electron chi connectivity index (χ0n) is 18.5. The van der Waals surface area contributed by atoms with Crippen LogP contribution in [0.1, 0.15) is 69.3 Å². The number of carboxylic acid groups (broad SMARTS) is 1. The summed E-state index contributed by atoms with van der Waals surface area (Å²) in [5.41, 5.74) is 0.110. The molecule has 0 aliphatic heterocycles. The van der Waals surface area contributed by atoms with Gasteiger partial charge in [0.15, 0.2) is 0 Å². The predicted octanol–water partition coefficient (Wildman–Crippen LogP) is 5.51. The van der Waals surface area contributed by atoms with Crippen molar-refractivity contribution in [2.24, 2.45) is 11.8 Å². The Balaban J connectivity index is 2.32. The fraction of sp³-hybridized carbons (Fsp3) is 0.520. The van der Waals surface area contributed by atoms with E-state index in [9.17, 15) is 14.7 Å². The summed E-state index contributed by atoms with van der Waals surface area (Å²) >= 11 is 0. The lowest BCUT2D eigenvalue weighted by Gasteiger charge is -2.32. The molecule has 0 aromatic heterocycles. The Hall–Kier alpha value is -2.40. The van der Waals surface area contributed by atoms with Gasteiger partial charge < -0.3 is 14.6 Å². The van der Waals surface area contributed by atoms with Crippen molar-refractivity contribution in [1.82, 2.24) is 0 Å². The zero-order valence-corrected chi connectivity index (χ0v) is 18.5. The van der Waals surface area contributed by atoms with Crippen molar-refractivity contribution in [3.63, 3.8) is 0 Å².